The third-order valence-corrected chi connectivity index (χ3v) is 3.51. The molecule has 17 heavy (non-hydrogen) atoms. The second-order valence-electron chi connectivity index (χ2n) is 4.07. The van der Waals surface area contributed by atoms with Crippen LogP contribution in [0.4, 0.5) is 5.13 Å². The summed E-state index contributed by atoms with van der Waals surface area (Å²) in [5, 5.41) is 6.53. The van der Waals surface area contributed by atoms with Crippen LogP contribution >= 0.6 is 11.3 Å². The molecule has 0 atom stereocenters. The maximum atomic E-state index is 4.98. The second-order valence-corrected chi connectivity index (χ2v) is 4.90. The van der Waals surface area contributed by atoms with Gasteiger partial charge >= 0.3 is 0 Å². The van der Waals surface area contributed by atoms with E-state index in [0.29, 0.717) is 0 Å². The van der Waals surface area contributed by atoms with Crippen molar-refractivity contribution in [3.8, 4) is 0 Å². The quantitative estimate of drug-likeness (QED) is 0.688. The van der Waals surface area contributed by atoms with Crippen LogP contribution in [0.1, 0.15) is 25.5 Å². The van der Waals surface area contributed by atoms with Gasteiger partial charge in [0.05, 0.1) is 12.3 Å². The van der Waals surface area contributed by atoms with Crippen molar-refractivity contribution < 1.29 is 4.74 Å². The molecule has 1 heterocycles. The lowest BCUT2D eigenvalue weighted by Gasteiger charge is -2.14. The van der Waals surface area contributed by atoms with E-state index in [0.717, 1.165) is 37.1 Å². The SMILES string of the molecule is CCCCN(C)c1nc(CNCCOC)cs1. The number of nitrogens with zero attached hydrogens (tertiary/aromatic N) is 2. The van der Waals surface area contributed by atoms with E-state index in [1.165, 1.54) is 12.8 Å². The molecule has 4 nitrogen and oxygen atoms in total. The summed E-state index contributed by atoms with van der Waals surface area (Å²) in [6, 6.07) is 0. The lowest BCUT2D eigenvalue weighted by atomic mass is 10.3. The minimum Gasteiger partial charge on any atom is -0.383 e. The summed E-state index contributed by atoms with van der Waals surface area (Å²) in [5.74, 6) is 0. The molecule has 5 heteroatoms. The standard InChI is InChI=1S/C12H23N3OS/c1-4-5-7-15(2)12-14-11(10-17-12)9-13-6-8-16-3/h10,13H,4-9H2,1-3H3. The van der Waals surface area contributed by atoms with Gasteiger partial charge in [0.2, 0.25) is 0 Å². The highest BCUT2D eigenvalue weighted by atomic mass is 32.1. The number of anilines is 1. The normalized spacial score (nSPS) is 10.8. The second kappa shape index (κ2) is 8.44. The zero-order valence-corrected chi connectivity index (χ0v) is 11.8. The fourth-order valence-corrected chi connectivity index (χ4v) is 2.25. The van der Waals surface area contributed by atoms with Crippen molar-refractivity contribution in [2.24, 2.45) is 0 Å². The molecule has 0 saturated heterocycles. The van der Waals surface area contributed by atoms with E-state index in [1.54, 1.807) is 18.4 Å². The third kappa shape index (κ3) is 5.48. The average molecular weight is 257 g/mol. The Morgan fingerprint density at radius 3 is 3.06 bits per heavy atom. The third-order valence-electron chi connectivity index (χ3n) is 2.50. The first-order valence-electron chi connectivity index (χ1n) is 6.13. The Kier molecular flexibility index (Phi) is 7.16. The Hall–Kier alpha value is -0.650. The number of nitrogens with one attached hydrogen (secondary N) is 1. The number of hydrogen-bond donors (Lipinski definition) is 1. The van der Waals surface area contributed by atoms with Crippen LogP contribution < -0.4 is 10.2 Å². The summed E-state index contributed by atoms with van der Waals surface area (Å²) in [6.07, 6.45) is 2.44. The molecule has 0 spiro atoms. The van der Waals surface area contributed by atoms with Crippen molar-refractivity contribution in [1.82, 2.24) is 10.3 Å². The first-order chi connectivity index (χ1) is 8.27. The van der Waals surface area contributed by atoms with E-state index >= 15 is 0 Å². The van der Waals surface area contributed by atoms with Crippen LogP contribution in [-0.2, 0) is 11.3 Å². The molecule has 0 fully saturated rings. The Bertz CT molecular complexity index is 304. The van der Waals surface area contributed by atoms with E-state index in [2.05, 4.69) is 34.6 Å². The number of unbranched alkanes of at least 4 members (excludes halogenated alkanes) is 1. The highest BCUT2D eigenvalue weighted by Gasteiger charge is 2.05. The van der Waals surface area contributed by atoms with Gasteiger partial charge in [0.1, 0.15) is 0 Å². The zero-order valence-electron chi connectivity index (χ0n) is 11.0. The average Bonchev–Trinajstić information content (AvgIpc) is 2.80. The van der Waals surface area contributed by atoms with E-state index in [9.17, 15) is 0 Å². The van der Waals surface area contributed by atoms with Gasteiger partial charge < -0.3 is 15.0 Å². The summed E-state index contributed by atoms with van der Waals surface area (Å²) >= 11 is 1.72. The topological polar surface area (TPSA) is 37.4 Å². The Morgan fingerprint density at radius 1 is 1.53 bits per heavy atom. The van der Waals surface area contributed by atoms with Crippen LogP contribution in [-0.4, -0.2) is 38.8 Å². The van der Waals surface area contributed by atoms with Crippen molar-refractivity contribution >= 4 is 16.5 Å². The Balaban J connectivity index is 2.31. The molecule has 98 valence electrons. The zero-order chi connectivity index (χ0) is 12.5. The lowest BCUT2D eigenvalue weighted by molar-refractivity contribution is 0.199. The molecule has 0 aromatic carbocycles. The highest BCUT2D eigenvalue weighted by molar-refractivity contribution is 7.13. The highest BCUT2D eigenvalue weighted by Crippen LogP contribution is 2.19. The molecule has 1 aromatic heterocycles. The maximum Gasteiger partial charge on any atom is 0.185 e. The number of thiazole rings is 1. The molecule has 0 saturated carbocycles. The molecule has 1 rings (SSSR count). The number of rotatable bonds is 9. The van der Waals surface area contributed by atoms with Crippen LogP contribution in [0.25, 0.3) is 0 Å². The number of aromatic nitrogens is 1. The van der Waals surface area contributed by atoms with Gasteiger partial charge in [0.25, 0.3) is 0 Å². The molecule has 0 unspecified atom stereocenters. The maximum absolute atomic E-state index is 4.98. The summed E-state index contributed by atoms with van der Waals surface area (Å²) in [7, 11) is 3.82. The van der Waals surface area contributed by atoms with E-state index < -0.39 is 0 Å². The number of hydrogen-bond acceptors (Lipinski definition) is 5. The molecule has 0 aliphatic rings. The van der Waals surface area contributed by atoms with Crippen molar-refractivity contribution in [3.63, 3.8) is 0 Å². The first kappa shape index (κ1) is 14.4. The minimum absolute atomic E-state index is 0.743. The number of ether oxygens (including phenoxy) is 1. The van der Waals surface area contributed by atoms with Gasteiger partial charge in [-0.05, 0) is 6.42 Å². The molecular weight excluding hydrogens is 234 g/mol. The van der Waals surface area contributed by atoms with Crippen molar-refractivity contribution in [2.75, 3.05) is 38.8 Å². The smallest absolute Gasteiger partial charge is 0.185 e. The van der Waals surface area contributed by atoms with Crippen LogP contribution in [0, 0.1) is 0 Å². The monoisotopic (exact) mass is 257 g/mol. The minimum atomic E-state index is 0.743. The van der Waals surface area contributed by atoms with E-state index in [-0.39, 0.29) is 0 Å². The van der Waals surface area contributed by atoms with Gasteiger partial charge in [-0.2, -0.15) is 0 Å². The molecule has 1 aromatic rings. The van der Waals surface area contributed by atoms with Crippen molar-refractivity contribution in [2.45, 2.75) is 26.3 Å². The first-order valence-corrected chi connectivity index (χ1v) is 7.01. The van der Waals surface area contributed by atoms with E-state index in [1.807, 2.05) is 0 Å². The van der Waals surface area contributed by atoms with Gasteiger partial charge in [-0.3, -0.25) is 0 Å². The molecule has 0 aliphatic carbocycles. The van der Waals surface area contributed by atoms with Crippen molar-refractivity contribution in [1.29, 1.82) is 0 Å². The molecule has 0 amide bonds. The predicted molar refractivity (Wildman–Crippen MR) is 73.9 cm³/mol. The summed E-state index contributed by atoms with van der Waals surface area (Å²) < 4.78 is 4.98. The summed E-state index contributed by atoms with van der Waals surface area (Å²) in [6.45, 7) is 5.73. The molecule has 1 N–H and O–H groups in total. The van der Waals surface area contributed by atoms with Crippen LogP contribution in [0.15, 0.2) is 5.38 Å². The predicted octanol–water partition coefficient (Wildman–Crippen LogP) is 2.12. The fourth-order valence-electron chi connectivity index (χ4n) is 1.43. The Morgan fingerprint density at radius 2 is 2.35 bits per heavy atom. The van der Waals surface area contributed by atoms with E-state index in [4.69, 9.17) is 4.74 Å². The van der Waals surface area contributed by atoms with Crippen LogP contribution in [0.2, 0.25) is 0 Å². The van der Waals surface area contributed by atoms with Gasteiger partial charge in [-0.15, -0.1) is 11.3 Å². The van der Waals surface area contributed by atoms with Gasteiger partial charge in [-0.25, -0.2) is 4.98 Å². The van der Waals surface area contributed by atoms with Crippen molar-refractivity contribution in [3.05, 3.63) is 11.1 Å². The molecule has 0 bridgehead atoms. The summed E-state index contributed by atoms with van der Waals surface area (Å²) in [4.78, 5) is 6.83. The fraction of sp³-hybridized carbons (Fsp3) is 0.750. The number of methoxy groups -OCH3 is 1. The molecular formula is C12H23N3OS. The van der Waals surface area contributed by atoms with Crippen LogP contribution in [0.5, 0.6) is 0 Å². The van der Waals surface area contributed by atoms with Gasteiger partial charge in [-0.1, -0.05) is 13.3 Å². The Labute approximate surface area is 108 Å². The molecule has 0 radical (unpaired) electrons. The van der Waals surface area contributed by atoms with Crippen LogP contribution in [0.3, 0.4) is 0 Å². The van der Waals surface area contributed by atoms with Gasteiger partial charge in [0.15, 0.2) is 5.13 Å². The largest absolute Gasteiger partial charge is 0.383 e. The molecule has 0 aliphatic heterocycles. The lowest BCUT2D eigenvalue weighted by Crippen LogP contribution is -2.20. The van der Waals surface area contributed by atoms with Gasteiger partial charge in [0, 0.05) is 39.2 Å². The summed E-state index contributed by atoms with van der Waals surface area (Å²) in [5.41, 5.74) is 1.12.